The number of benzene rings is 2. The van der Waals surface area contributed by atoms with E-state index in [0.717, 1.165) is 4.68 Å². The maximum atomic E-state index is 12.8. The topological polar surface area (TPSA) is 110 Å². The molecule has 1 aromatic heterocycles. The second-order valence-corrected chi connectivity index (χ2v) is 5.98. The molecule has 4 rings (SSSR count). The molecule has 2 aromatic carbocycles. The Morgan fingerprint density at radius 2 is 1.77 bits per heavy atom. The molecule has 8 heteroatoms. The molecule has 2 heterocycles. The van der Waals surface area contributed by atoms with E-state index in [1.165, 1.54) is 4.90 Å². The zero-order chi connectivity index (χ0) is 18.3. The van der Waals surface area contributed by atoms with E-state index >= 15 is 0 Å². The lowest BCUT2D eigenvalue weighted by Gasteiger charge is -2.20. The molecule has 0 fully saturated rings. The van der Waals surface area contributed by atoms with Crippen LogP contribution < -0.4 is 16.7 Å². The monoisotopic (exact) mass is 349 g/mol. The number of carbonyl (C=O) groups excluding carboxylic acids is 2. The fourth-order valence-electron chi connectivity index (χ4n) is 2.99. The molecular weight excluding hydrogens is 334 g/mol. The normalized spacial score (nSPS) is 14.1. The number of hydrogen-bond donors (Lipinski definition) is 2. The van der Waals surface area contributed by atoms with Crippen LogP contribution in [0.15, 0.2) is 53.3 Å². The first-order valence-electron chi connectivity index (χ1n) is 7.98. The van der Waals surface area contributed by atoms with Crippen LogP contribution in [-0.4, -0.2) is 32.9 Å². The Kier molecular flexibility index (Phi) is 3.65. The molecule has 3 N–H and O–H groups in total. The van der Waals surface area contributed by atoms with Crippen LogP contribution in [0.1, 0.15) is 16.2 Å². The van der Waals surface area contributed by atoms with Gasteiger partial charge in [-0.15, -0.1) is 0 Å². The molecule has 3 aromatic rings. The zero-order valence-corrected chi connectivity index (χ0v) is 13.7. The van der Waals surface area contributed by atoms with Crippen molar-refractivity contribution in [2.24, 2.45) is 0 Å². The lowest BCUT2D eigenvalue weighted by atomic mass is 10.1. The summed E-state index contributed by atoms with van der Waals surface area (Å²) in [7, 11) is 0. The number of nitrogens with one attached hydrogen (secondary N) is 1. The Balaban J connectivity index is 1.76. The molecule has 26 heavy (non-hydrogen) atoms. The molecule has 0 radical (unpaired) electrons. The summed E-state index contributed by atoms with van der Waals surface area (Å²) in [5.74, 6) is 5.43. The summed E-state index contributed by atoms with van der Waals surface area (Å²) in [6, 6.07) is 13.6. The van der Waals surface area contributed by atoms with Gasteiger partial charge in [-0.05, 0) is 24.3 Å². The Bertz CT molecular complexity index is 1110. The van der Waals surface area contributed by atoms with Crippen molar-refractivity contribution in [1.82, 2.24) is 14.6 Å². The summed E-state index contributed by atoms with van der Waals surface area (Å²) in [6.45, 7) is -0.215. The van der Waals surface area contributed by atoms with Gasteiger partial charge in [0.05, 0.1) is 28.7 Å². The molecule has 8 nitrogen and oxygen atoms in total. The molecule has 0 unspecified atom stereocenters. The Morgan fingerprint density at radius 1 is 1.04 bits per heavy atom. The number of carbonyl (C=O) groups is 2. The lowest BCUT2D eigenvalue weighted by molar-refractivity contribution is -0.116. The van der Waals surface area contributed by atoms with Crippen LogP contribution in [0, 0.1) is 0 Å². The number of nitrogen functional groups attached to an aromatic ring is 1. The van der Waals surface area contributed by atoms with E-state index in [-0.39, 0.29) is 30.7 Å². The van der Waals surface area contributed by atoms with E-state index in [1.807, 2.05) is 0 Å². The third kappa shape index (κ3) is 2.57. The van der Waals surface area contributed by atoms with Gasteiger partial charge in [0.15, 0.2) is 5.82 Å². The van der Waals surface area contributed by atoms with Gasteiger partial charge < -0.3 is 16.1 Å². The summed E-state index contributed by atoms with van der Waals surface area (Å²) >= 11 is 0. The van der Waals surface area contributed by atoms with Crippen LogP contribution in [0.25, 0.3) is 10.9 Å². The smallest absolute Gasteiger partial charge is 0.279 e. The van der Waals surface area contributed by atoms with Crippen molar-refractivity contribution in [2.45, 2.75) is 6.54 Å². The van der Waals surface area contributed by atoms with Crippen molar-refractivity contribution in [3.63, 3.8) is 0 Å². The minimum absolute atomic E-state index is 0.0584. The summed E-state index contributed by atoms with van der Waals surface area (Å²) < 4.78 is 0.921. The van der Waals surface area contributed by atoms with Crippen molar-refractivity contribution in [1.29, 1.82) is 0 Å². The van der Waals surface area contributed by atoms with Crippen molar-refractivity contribution in [2.75, 3.05) is 17.7 Å². The van der Waals surface area contributed by atoms with Crippen molar-refractivity contribution < 1.29 is 9.59 Å². The summed E-state index contributed by atoms with van der Waals surface area (Å²) in [4.78, 5) is 43.1. The minimum atomic E-state index is -0.405. The number of hydrogen-bond acceptors (Lipinski definition) is 5. The average molecular weight is 349 g/mol. The quantitative estimate of drug-likeness (QED) is 0.662. The molecule has 2 amide bonds. The van der Waals surface area contributed by atoms with Crippen LogP contribution in [0.2, 0.25) is 0 Å². The zero-order valence-electron chi connectivity index (χ0n) is 13.7. The van der Waals surface area contributed by atoms with E-state index < -0.39 is 5.56 Å². The molecule has 0 saturated heterocycles. The number of nitrogens with two attached hydrogens (primary N) is 1. The van der Waals surface area contributed by atoms with Gasteiger partial charge in [0.1, 0.15) is 6.54 Å². The highest BCUT2D eigenvalue weighted by Gasteiger charge is 2.27. The second-order valence-electron chi connectivity index (χ2n) is 5.98. The van der Waals surface area contributed by atoms with Crippen LogP contribution in [0.3, 0.4) is 0 Å². The van der Waals surface area contributed by atoms with Crippen LogP contribution >= 0.6 is 0 Å². The highest BCUT2D eigenvalue weighted by Crippen LogP contribution is 2.21. The standard InChI is InChI=1S/C18H15N5O3/c19-23-15(20-13-7-3-2-6-12(13)18(23)26)9-22-10-16(24)21-14-8-4-1-5-11(14)17(22)25/h1-8H,9-10,19H2,(H,21,24). The number of para-hydroxylation sites is 2. The Hall–Kier alpha value is -3.68. The molecule has 0 aliphatic carbocycles. The minimum Gasteiger partial charge on any atom is -0.335 e. The Morgan fingerprint density at radius 3 is 2.62 bits per heavy atom. The number of amides is 2. The first-order valence-corrected chi connectivity index (χ1v) is 7.98. The maximum absolute atomic E-state index is 12.8. The first kappa shape index (κ1) is 15.8. The summed E-state index contributed by atoms with van der Waals surface area (Å²) in [5.41, 5.74) is 0.922. The van der Waals surface area contributed by atoms with Gasteiger partial charge in [-0.2, -0.15) is 0 Å². The van der Waals surface area contributed by atoms with Crippen LogP contribution in [0.5, 0.6) is 0 Å². The molecule has 1 aliphatic rings. The third-order valence-electron chi connectivity index (χ3n) is 4.27. The van der Waals surface area contributed by atoms with Crippen molar-refractivity contribution in [3.8, 4) is 0 Å². The summed E-state index contributed by atoms with van der Waals surface area (Å²) in [5, 5.41) is 3.10. The average Bonchev–Trinajstić information content (AvgIpc) is 2.76. The number of fused-ring (bicyclic) bond motifs is 2. The van der Waals surface area contributed by atoms with Crippen molar-refractivity contribution in [3.05, 3.63) is 70.3 Å². The lowest BCUT2D eigenvalue weighted by Crippen LogP contribution is -2.39. The predicted octanol–water partition coefficient (Wildman–Crippen LogP) is 0.705. The SMILES string of the molecule is Nn1c(CN2CC(=O)Nc3ccccc3C2=O)nc2ccccc2c1=O. The van der Waals surface area contributed by atoms with E-state index in [2.05, 4.69) is 10.3 Å². The largest absolute Gasteiger partial charge is 0.335 e. The van der Waals surface area contributed by atoms with E-state index in [9.17, 15) is 14.4 Å². The van der Waals surface area contributed by atoms with E-state index in [0.29, 0.717) is 22.2 Å². The van der Waals surface area contributed by atoms with Crippen LogP contribution in [0.4, 0.5) is 5.69 Å². The third-order valence-corrected chi connectivity index (χ3v) is 4.27. The molecule has 0 saturated carbocycles. The number of anilines is 1. The van der Waals surface area contributed by atoms with E-state index in [1.54, 1.807) is 48.5 Å². The molecular formula is C18H15N5O3. The van der Waals surface area contributed by atoms with Gasteiger partial charge in [-0.1, -0.05) is 24.3 Å². The summed E-state index contributed by atoms with van der Waals surface area (Å²) in [6.07, 6.45) is 0. The fourth-order valence-corrected chi connectivity index (χ4v) is 2.99. The highest BCUT2D eigenvalue weighted by molar-refractivity contribution is 6.08. The van der Waals surface area contributed by atoms with Gasteiger partial charge in [0.2, 0.25) is 5.91 Å². The maximum Gasteiger partial charge on any atom is 0.279 e. The molecule has 0 bridgehead atoms. The van der Waals surface area contributed by atoms with Gasteiger partial charge >= 0.3 is 0 Å². The highest BCUT2D eigenvalue weighted by atomic mass is 16.2. The molecule has 1 aliphatic heterocycles. The first-order chi connectivity index (χ1) is 12.5. The van der Waals surface area contributed by atoms with Gasteiger partial charge in [0.25, 0.3) is 11.5 Å². The predicted molar refractivity (Wildman–Crippen MR) is 96.0 cm³/mol. The molecule has 0 atom stereocenters. The molecule has 0 spiro atoms. The van der Waals surface area contributed by atoms with Crippen molar-refractivity contribution >= 4 is 28.4 Å². The van der Waals surface area contributed by atoms with E-state index in [4.69, 9.17) is 5.84 Å². The second kappa shape index (κ2) is 5.99. The number of nitrogens with zero attached hydrogens (tertiary/aromatic N) is 3. The Labute approximate surface area is 147 Å². The number of aromatic nitrogens is 2. The van der Waals surface area contributed by atoms with Gasteiger partial charge in [0, 0.05) is 0 Å². The molecule has 130 valence electrons. The van der Waals surface area contributed by atoms with Gasteiger partial charge in [-0.25, -0.2) is 9.66 Å². The fraction of sp³-hybridized carbons (Fsp3) is 0.111. The van der Waals surface area contributed by atoms with Gasteiger partial charge in [-0.3, -0.25) is 14.4 Å². The number of rotatable bonds is 2. The van der Waals surface area contributed by atoms with Crippen LogP contribution in [-0.2, 0) is 11.3 Å².